The summed E-state index contributed by atoms with van der Waals surface area (Å²) in [6.45, 7) is 0. The molecule has 0 radical (unpaired) electrons. The van der Waals surface area contributed by atoms with Crippen LogP contribution in [0, 0.1) is 0 Å². The van der Waals surface area contributed by atoms with E-state index in [1.807, 2.05) is 30.7 Å². The fraction of sp³-hybridized carbons (Fsp3) is 0.0417. The smallest absolute Gasteiger partial charge is 0.148 e. The molecule has 4 heteroatoms. The summed E-state index contributed by atoms with van der Waals surface area (Å²) in [6.07, 6.45) is 6.55. The van der Waals surface area contributed by atoms with Crippen molar-refractivity contribution in [3.8, 4) is 11.1 Å². The summed E-state index contributed by atoms with van der Waals surface area (Å²) in [5.41, 5.74) is 10.5. The van der Waals surface area contributed by atoms with Crippen LogP contribution in [-0.2, 0) is 6.42 Å². The monoisotopic (exact) mass is 358 g/mol. The molecule has 6 aromatic rings. The van der Waals surface area contributed by atoms with Crippen molar-refractivity contribution in [2.75, 3.05) is 0 Å². The molecular weight excluding hydrogens is 344 g/mol. The van der Waals surface area contributed by atoms with Crippen molar-refractivity contribution in [2.24, 2.45) is 0 Å². The second-order valence-corrected chi connectivity index (χ2v) is 7.36. The van der Waals surface area contributed by atoms with Gasteiger partial charge in [-0.1, -0.05) is 30.3 Å². The lowest BCUT2D eigenvalue weighted by atomic mass is 10.0. The van der Waals surface area contributed by atoms with Crippen molar-refractivity contribution in [1.82, 2.24) is 19.4 Å². The highest BCUT2D eigenvalue weighted by atomic mass is 15.0. The van der Waals surface area contributed by atoms with Crippen LogP contribution in [0.3, 0.4) is 0 Å². The normalized spacial score (nSPS) is 12.9. The van der Waals surface area contributed by atoms with Crippen molar-refractivity contribution >= 4 is 38.5 Å². The first-order valence-corrected chi connectivity index (χ1v) is 9.43. The van der Waals surface area contributed by atoms with Crippen LogP contribution in [0.4, 0.5) is 0 Å². The maximum Gasteiger partial charge on any atom is 0.148 e. The third-order valence-corrected chi connectivity index (χ3v) is 5.93. The van der Waals surface area contributed by atoms with E-state index in [2.05, 4.69) is 56.8 Å². The highest BCUT2D eigenvalue weighted by molar-refractivity contribution is 6.13. The van der Waals surface area contributed by atoms with Crippen LogP contribution in [-0.4, -0.2) is 19.4 Å². The Morgan fingerprint density at radius 3 is 2.68 bits per heavy atom. The molecule has 4 nitrogen and oxygen atoms in total. The van der Waals surface area contributed by atoms with Crippen LogP contribution in [0.15, 0.2) is 73.2 Å². The van der Waals surface area contributed by atoms with Gasteiger partial charge < -0.3 is 0 Å². The Hall–Kier alpha value is -3.79. The number of hydrogen-bond donors (Lipinski definition) is 0. The van der Waals surface area contributed by atoms with Crippen molar-refractivity contribution in [3.05, 3.63) is 84.3 Å². The summed E-state index contributed by atoms with van der Waals surface area (Å²) in [5, 5.41) is 2.12. The van der Waals surface area contributed by atoms with Crippen LogP contribution in [0.25, 0.3) is 49.6 Å². The van der Waals surface area contributed by atoms with Crippen LogP contribution in [0.2, 0.25) is 0 Å². The predicted molar refractivity (Wildman–Crippen MR) is 112 cm³/mol. The minimum absolute atomic E-state index is 0.941. The summed E-state index contributed by atoms with van der Waals surface area (Å²) < 4.78 is 2.24. The Morgan fingerprint density at radius 1 is 0.750 bits per heavy atom. The van der Waals surface area contributed by atoms with Gasteiger partial charge in [0.15, 0.2) is 0 Å². The molecule has 1 aliphatic carbocycles. The van der Waals surface area contributed by atoms with Gasteiger partial charge in [-0.3, -0.25) is 14.4 Å². The maximum atomic E-state index is 5.16. The first-order valence-electron chi connectivity index (χ1n) is 9.43. The Labute approximate surface area is 160 Å². The highest BCUT2D eigenvalue weighted by Gasteiger charge is 2.24. The molecule has 4 aromatic heterocycles. The number of nitrogens with zero attached hydrogens (tertiary/aromatic N) is 4. The molecule has 2 aromatic carbocycles. The quantitative estimate of drug-likeness (QED) is 0.352. The number of hydrogen-bond acceptors (Lipinski definition) is 3. The van der Waals surface area contributed by atoms with E-state index >= 15 is 0 Å². The number of aromatic nitrogens is 4. The fourth-order valence-corrected chi connectivity index (χ4v) is 4.75. The van der Waals surface area contributed by atoms with E-state index in [1.165, 1.54) is 22.3 Å². The lowest BCUT2D eigenvalue weighted by Gasteiger charge is -2.07. The topological polar surface area (TPSA) is 43.1 Å². The second-order valence-electron chi connectivity index (χ2n) is 7.36. The minimum atomic E-state index is 0.941. The Morgan fingerprint density at radius 2 is 1.68 bits per heavy atom. The molecule has 0 saturated heterocycles. The van der Waals surface area contributed by atoms with E-state index in [4.69, 9.17) is 4.98 Å². The molecule has 0 atom stereocenters. The number of benzene rings is 2. The number of rotatable bonds is 0. The third-order valence-electron chi connectivity index (χ3n) is 5.93. The zero-order chi connectivity index (χ0) is 18.2. The zero-order valence-electron chi connectivity index (χ0n) is 14.9. The van der Waals surface area contributed by atoms with Gasteiger partial charge in [0, 0.05) is 34.9 Å². The molecule has 0 spiro atoms. The van der Waals surface area contributed by atoms with Crippen LogP contribution in [0.5, 0.6) is 0 Å². The SMILES string of the molecule is c1ccc2c(c1)Cc1ccc3c(nc4c5cnccc5c5ncccc5n34)c1-2. The van der Waals surface area contributed by atoms with Gasteiger partial charge in [-0.2, -0.15) is 0 Å². The molecule has 4 heterocycles. The predicted octanol–water partition coefficient (Wildman–Crippen LogP) is 5.16. The third kappa shape index (κ3) is 1.63. The largest absolute Gasteiger partial charge is 0.290 e. The van der Waals surface area contributed by atoms with Gasteiger partial charge in [0.05, 0.1) is 22.1 Å². The number of fused-ring (bicyclic) bond motifs is 12. The molecule has 1 aliphatic rings. The Kier molecular flexibility index (Phi) is 2.51. The molecule has 0 N–H and O–H groups in total. The lowest BCUT2D eigenvalue weighted by Crippen LogP contribution is -1.93. The molecule has 0 bridgehead atoms. The van der Waals surface area contributed by atoms with Crippen molar-refractivity contribution < 1.29 is 0 Å². The zero-order valence-corrected chi connectivity index (χ0v) is 14.9. The van der Waals surface area contributed by atoms with Gasteiger partial charge in [-0.05, 0) is 47.4 Å². The van der Waals surface area contributed by atoms with Gasteiger partial charge in [-0.15, -0.1) is 0 Å². The van der Waals surface area contributed by atoms with E-state index in [1.54, 1.807) is 0 Å². The van der Waals surface area contributed by atoms with Gasteiger partial charge >= 0.3 is 0 Å². The van der Waals surface area contributed by atoms with E-state index in [0.29, 0.717) is 0 Å². The van der Waals surface area contributed by atoms with Crippen molar-refractivity contribution in [2.45, 2.75) is 6.42 Å². The molecule has 130 valence electrons. The molecule has 0 amide bonds. The summed E-state index contributed by atoms with van der Waals surface area (Å²) >= 11 is 0. The van der Waals surface area contributed by atoms with E-state index in [0.717, 1.165) is 44.9 Å². The van der Waals surface area contributed by atoms with E-state index in [9.17, 15) is 0 Å². The fourth-order valence-electron chi connectivity index (χ4n) is 4.75. The standard InChI is InChI=1S/C24H14N4/c1-2-5-16-14(4-1)12-15-7-8-20-23(21(15)16)27-24-18-13-25-11-9-17(18)22-19(28(20)24)6-3-10-26-22/h1-11,13H,12H2. The molecule has 7 rings (SSSR count). The van der Waals surface area contributed by atoms with Crippen LogP contribution in [0.1, 0.15) is 11.1 Å². The lowest BCUT2D eigenvalue weighted by molar-refractivity contribution is 1.26. The molecule has 0 saturated carbocycles. The van der Waals surface area contributed by atoms with Gasteiger partial charge in [0.1, 0.15) is 5.65 Å². The van der Waals surface area contributed by atoms with Gasteiger partial charge in [0.25, 0.3) is 0 Å². The summed E-state index contributed by atoms with van der Waals surface area (Å²) in [7, 11) is 0. The summed E-state index contributed by atoms with van der Waals surface area (Å²) in [6, 6.07) is 19.3. The van der Waals surface area contributed by atoms with Crippen LogP contribution >= 0.6 is 0 Å². The van der Waals surface area contributed by atoms with Crippen molar-refractivity contribution in [3.63, 3.8) is 0 Å². The highest BCUT2D eigenvalue weighted by Crippen LogP contribution is 2.42. The van der Waals surface area contributed by atoms with E-state index < -0.39 is 0 Å². The molecule has 0 unspecified atom stereocenters. The van der Waals surface area contributed by atoms with Gasteiger partial charge in [0.2, 0.25) is 0 Å². The molecule has 0 aliphatic heterocycles. The summed E-state index contributed by atoms with van der Waals surface area (Å²) in [4.78, 5) is 14.2. The average Bonchev–Trinajstić information content (AvgIpc) is 3.32. The number of imidazole rings is 1. The Balaban J connectivity index is 1.77. The minimum Gasteiger partial charge on any atom is -0.290 e. The first kappa shape index (κ1) is 14.3. The van der Waals surface area contributed by atoms with E-state index in [-0.39, 0.29) is 0 Å². The first-order chi connectivity index (χ1) is 13.9. The maximum absolute atomic E-state index is 5.16. The molecule has 0 fully saturated rings. The number of pyridine rings is 3. The summed E-state index contributed by atoms with van der Waals surface area (Å²) in [5.74, 6) is 0. The Bertz CT molecular complexity index is 1590. The molecule has 28 heavy (non-hydrogen) atoms. The van der Waals surface area contributed by atoms with Gasteiger partial charge in [-0.25, -0.2) is 4.98 Å². The van der Waals surface area contributed by atoms with Crippen LogP contribution < -0.4 is 0 Å². The van der Waals surface area contributed by atoms with Crippen molar-refractivity contribution in [1.29, 1.82) is 0 Å². The average molecular weight is 358 g/mol. The second kappa shape index (κ2) is 4.93. The molecular formula is C24H14N4.